The van der Waals surface area contributed by atoms with Gasteiger partial charge < -0.3 is 11.1 Å². The molecule has 0 fully saturated rings. The van der Waals surface area contributed by atoms with Gasteiger partial charge in [0.25, 0.3) is 0 Å². The normalized spacial score (nSPS) is 10.6. The van der Waals surface area contributed by atoms with Gasteiger partial charge in [0.2, 0.25) is 0 Å². The first-order valence-corrected chi connectivity index (χ1v) is 6.41. The van der Waals surface area contributed by atoms with E-state index >= 15 is 0 Å². The summed E-state index contributed by atoms with van der Waals surface area (Å²) in [7, 11) is 0. The first-order valence-electron chi connectivity index (χ1n) is 6.03. The van der Waals surface area contributed by atoms with Crippen LogP contribution in [-0.4, -0.2) is 0 Å². The molecule has 0 aromatic heterocycles. The van der Waals surface area contributed by atoms with E-state index in [1.54, 1.807) is 6.07 Å². The molecule has 0 atom stereocenters. The van der Waals surface area contributed by atoms with E-state index in [1.165, 1.54) is 10.8 Å². The van der Waals surface area contributed by atoms with Crippen LogP contribution in [-0.2, 0) is 0 Å². The summed E-state index contributed by atoms with van der Waals surface area (Å²) in [5.41, 5.74) is 8.20. The molecule has 3 N–H and O–H groups in total. The molecule has 3 aromatic rings. The molecule has 94 valence electrons. The highest BCUT2D eigenvalue weighted by molar-refractivity contribution is 6.33. The topological polar surface area (TPSA) is 38.0 Å². The molecule has 0 amide bonds. The molecular weight excluding hydrogens is 256 g/mol. The highest BCUT2D eigenvalue weighted by Crippen LogP contribution is 2.28. The molecule has 0 bridgehead atoms. The Bertz CT molecular complexity index is 738. The quantitative estimate of drug-likeness (QED) is 0.654. The maximum atomic E-state index is 6.16. The average molecular weight is 269 g/mol. The SMILES string of the molecule is Nc1ccc(Nc2ccc3ccccc3c2)c(Cl)c1. The Balaban J connectivity index is 1.96. The second-order valence-electron chi connectivity index (χ2n) is 4.43. The van der Waals surface area contributed by atoms with Gasteiger partial charge in [0.15, 0.2) is 0 Å². The van der Waals surface area contributed by atoms with Crippen LogP contribution >= 0.6 is 11.6 Å². The van der Waals surface area contributed by atoms with E-state index in [4.69, 9.17) is 17.3 Å². The van der Waals surface area contributed by atoms with Crippen LogP contribution in [0.4, 0.5) is 17.1 Å². The minimum absolute atomic E-state index is 0.619. The predicted molar refractivity (Wildman–Crippen MR) is 83.1 cm³/mol. The van der Waals surface area contributed by atoms with Crippen LogP contribution < -0.4 is 11.1 Å². The monoisotopic (exact) mass is 268 g/mol. The summed E-state index contributed by atoms with van der Waals surface area (Å²) < 4.78 is 0. The van der Waals surface area contributed by atoms with Crippen LogP contribution in [0.2, 0.25) is 5.02 Å². The van der Waals surface area contributed by atoms with Crippen LogP contribution in [0.1, 0.15) is 0 Å². The highest BCUT2D eigenvalue weighted by Gasteiger charge is 2.02. The largest absolute Gasteiger partial charge is 0.399 e. The molecule has 0 aliphatic carbocycles. The van der Waals surface area contributed by atoms with Gasteiger partial charge in [0.05, 0.1) is 10.7 Å². The lowest BCUT2D eigenvalue weighted by molar-refractivity contribution is 1.56. The van der Waals surface area contributed by atoms with Gasteiger partial charge in [0.1, 0.15) is 0 Å². The number of nitrogens with one attached hydrogen (secondary N) is 1. The summed E-state index contributed by atoms with van der Waals surface area (Å²) in [6.07, 6.45) is 0. The predicted octanol–water partition coefficient (Wildman–Crippen LogP) is 4.82. The molecule has 3 aromatic carbocycles. The van der Waals surface area contributed by atoms with Gasteiger partial charge in [0, 0.05) is 11.4 Å². The standard InChI is InChI=1S/C16H13ClN2/c17-15-10-13(18)6-8-16(15)19-14-7-5-11-3-1-2-4-12(11)9-14/h1-10,19H,18H2. The fourth-order valence-electron chi connectivity index (χ4n) is 2.06. The molecule has 0 saturated heterocycles. The number of hydrogen-bond acceptors (Lipinski definition) is 2. The lowest BCUT2D eigenvalue weighted by atomic mass is 10.1. The molecular formula is C16H13ClN2. The third kappa shape index (κ3) is 2.49. The fraction of sp³-hybridized carbons (Fsp3) is 0. The van der Waals surface area contributed by atoms with Crippen molar-refractivity contribution in [3.8, 4) is 0 Å². The number of nitrogen functional groups attached to an aromatic ring is 1. The van der Waals surface area contributed by atoms with Gasteiger partial charge in [-0.3, -0.25) is 0 Å². The molecule has 19 heavy (non-hydrogen) atoms. The Morgan fingerprint density at radius 2 is 1.63 bits per heavy atom. The van der Waals surface area contributed by atoms with E-state index in [9.17, 15) is 0 Å². The van der Waals surface area contributed by atoms with E-state index in [0.717, 1.165) is 11.4 Å². The molecule has 3 heteroatoms. The van der Waals surface area contributed by atoms with Crippen molar-refractivity contribution in [1.82, 2.24) is 0 Å². The van der Waals surface area contributed by atoms with E-state index in [0.29, 0.717) is 10.7 Å². The zero-order valence-electron chi connectivity index (χ0n) is 10.2. The minimum Gasteiger partial charge on any atom is -0.399 e. The number of benzene rings is 3. The van der Waals surface area contributed by atoms with Crippen molar-refractivity contribution in [2.45, 2.75) is 0 Å². The van der Waals surface area contributed by atoms with E-state index in [2.05, 4.69) is 29.6 Å². The molecule has 0 unspecified atom stereocenters. The first kappa shape index (κ1) is 11.9. The number of nitrogens with two attached hydrogens (primary N) is 1. The molecule has 0 aliphatic rings. The van der Waals surface area contributed by atoms with E-state index < -0.39 is 0 Å². The number of halogens is 1. The Morgan fingerprint density at radius 3 is 2.42 bits per heavy atom. The number of fused-ring (bicyclic) bond motifs is 1. The molecule has 0 spiro atoms. The molecule has 3 rings (SSSR count). The van der Waals surface area contributed by atoms with Crippen LogP contribution in [0, 0.1) is 0 Å². The smallest absolute Gasteiger partial charge is 0.0661 e. The molecule has 0 radical (unpaired) electrons. The van der Waals surface area contributed by atoms with Crippen LogP contribution in [0.25, 0.3) is 10.8 Å². The summed E-state index contributed by atoms with van der Waals surface area (Å²) in [6.45, 7) is 0. The number of hydrogen-bond donors (Lipinski definition) is 2. The molecule has 0 aliphatic heterocycles. The third-order valence-corrected chi connectivity index (χ3v) is 3.33. The van der Waals surface area contributed by atoms with Crippen molar-refractivity contribution in [3.63, 3.8) is 0 Å². The van der Waals surface area contributed by atoms with Crippen LogP contribution in [0.3, 0.4) is 0 Å². The van der Waals surface area contributed by atoms with Gasteiger partial charge in [-0.15, -0.1) is 0 Å². The van der Waals surface area contributed by atoms with Crippen molar-refractivity contribution in [2.24, 2.45) is 0 Å². The Labute approximate surface area is 116 Å². The summed E-state index contributed by atoms with van der Waals surface area (Å²) in [5, 5.41) is 6.34. The van der Waals surface area contributed by atoms with Gasteiger partial charge in [-0.1, -0.05) is 41.9 Å². The second kappa shape index (κ2) is 4.82. The summed E-state index contributed by atoms with van der Waals surface area (Å²) in [5.74, 6) is 0. The van der Waals surface area contributed by atoms with Gasteiger partial charge in [-0.05, 0) is 41.1 Å². The zero-order chi connectivity index (χ0) is 13.2. The van der Waals surface area contributed by atoms with E-state index in [1.807, 2.05) is 30.3 Å². The summed E-state index contributed by atoms with van der Waals surface area (Å²) in [6, 6.07) is 19.9. The van der Waals surface area contributed by atoms with Crippen molar-refractivity contribution in [3.05, 3.63) is 65.7 Å². The van der Waals surface area contributed by atoms with Crippen molar-refractivity contribution < 1.29 is 0 Å². The number of anilines is 3. The Hall–Kier alpha value is -2.19. The van der Waals surface area contributed by atoms with Gasteiger partial charge >= 0.3 is 0 Å². The Kier molecular flexibility index (Phi) is 3.02. The highest BCUT2D eigenvalue weighted by atomic mass is 35.5. The van der Waals surface area contributed by atoms with Crippen LogP contribution in [0.15, 0.2) is 60.7 Å². The van der Waals surface area contributed by atoms with Crippen LogP contribution in [0.5, 0.6) is 0 Å². The number of rotatable bonds is 2. The fourth-order valence-corrected chi connectivity index (χ4v) is 2.29. The maximum absolute atomic E-state index is 6.16. The van der Waals surface area contributed by atoms with Gasteiger partial charge in [-0.25, -0.2) is 0 Å². The Morgan fingerprint density at radius 1 is 0.842 bits per heavy atom. The zero-order valence-corrected chi connectivity index (χ0v) is 11.0. The lowest BCUT2D eigenvalue weighted by Crippen LogP contribution is -1.92. The molecule has 0 saturated carbocycles. The van der Waals surface area contributed by atoms with Gasteiger partial charge in [-0.2, -0.15) is 0 Å². The van der Waals surface area contributed by atoms with Crippen molar-refractivity contribution >= 4 is 39.4 Å². The lowest BCUT2D eigenvalue weighted by Gasteiger charge is -2.10. The average Bonchev–Trinajstić information content (AvgIpc) is 2.42. The second-order valence-corrected chi connectivity index (χ2v) is 4.83. The van der Waals surface area contributed by atoms with Crippen molar-refractivity contribution in [2.75, 3.05) is 11.1 Å². The summed E-state index contributed by atoms with van der Waals surface area (Å²) in [4.78, 5) is 0. The maximum Gasteiger partial charge on any atom is 0.0661 e. The van der Waals surface area contributed by atoms with Crippen molar-refractivity contribution in [1.29, 1.82) is 0 Å². The molecule has 2 nitrogen and oxygen atoms in total. The summed E-state index contributed by atoms with van der Waals surface area (Å²) >= 11 is 6.16. The van der Waals surface area contributed by atoms with E-state index in [-0.39, 0.29) is 0 Å². The minimum atomic E-state index is 0.619. The first-order chi connectivity index (χ1) is 9.22. The third-order valence-electron chi connectivity index (χ3n) is 3.02. The molecule has 0 heterocycles.